The Kier molecular flexibility index (Phi) is 3.03. The van der Waals surface area contributed by atoms with Gasteiger partial charge in [0.05, 0.1) is 28.7 Å². The van der Waals surface area contributed by atoms with Crippen molar-refractivity contribution in [3.05, 3.63) is 52.9 Å². The number of carbonyl (C=O) groups excluding carboxylic acids is 1. The number of Topliss-reactive ketones (excluding diaryl/α,β-unsaturated/α-hetero) is 1. The van der Waals surface area contributed by atoms with E-state index in [2.05, 4.69) is 10.1 Å². The van der Waals surface area contributed by atoms with Gasteiger partial charge in [0, 0.05) is 16.6 Å². The number of carbonyl (C=O) groups is 1. The highest BCUT2D eigenvalue weighted by Gasteiger charge is 2.13. The van der Waals surface area contributed by atoms with Crippen LogP contribution in [0.5, 0.6) is 0 Å². The summed E-state index contributed by atoms with van der Waals surface area (Å²) in [4.78, 5) is 15.8. The average Bonchev–Trinajstić information content (AvgIpc) is 2.79. The Morgan fingerprint density at radius 1 is 1.30 bits per heavy atom. The van der Waals surface area contributed by atoms with Crippen molar-refractivity contribution in [1.82, 2.24) is 14.8 Å². The molecule has 0 N–H and O–H groups in total. The number of aromatic nitrogens is 3. The van der Waals surface area contributed by atoms with Crippen molar-refractivity contribution in [3.63, 3.8) is 0 Å². The molecule has 0 aliphatic carbocycles. The van der Waals surface area contributed by atoms with Crippen molar-refractivity contribution in [1.29, 1.82) is 0 Å². The van der Waals surface area contributed by atoms with Gasteiger partial charge in [0.15, 0.2) is 5.78 Å². The van der Waals surface area contributed by atoms with Crippen LogP contribution in [0, 0.1) is 6.92 Å². The summed E-state index contributed by atoms with van der Waals surface area (Å²) in [6.45, 7) is 3.42. The maximum absolute atomic E-state index is 11.5. The molecule has 0 unspecified atom stereocenters. The molecule has 0 atom stereocenters. The smallest absolute Gasteiger partial charge is 0.163 e. The third kappa shape index (κ3) is 1.98. The fraction of sp³-hybridized carbons (Fsp3) is 0.133. The van der Waals surface area contributed by atoms with E-state index in [1.807, 2.05) is 31.2 Å². The molecule has 3 rings (SSSR count). The molecule has 0 saturated heterocycles. The van der Waals surface area contributed by atoms with Crippen molar-refractivity contribution in [3.8, 4) is 5.69 Å². The number of pyridine rings is 1. The molecule has 2 heterocycles. The zero-order valence-electron chi connectivity index (χ0n) is 11.1. The Labute approximate surface area is 121 Å². The van der Waals surface area contributed by atoms with Gasteiger partial charge in [-0.15, -0.1) is 0 Å². The number of hydrogen-bond acceptors (Lipinski definition) is 3. The molecule has 1 aromatic carbocycles. The first-order valence-electron chi connectivity index (χ1n) is 6.18. The van der Waals surface area contributed by atoms with Gasteiger partial charge in [-0.1, -0.05) is 11.6 Å². The predicted octanol–water partition coefficient (Wildman–Crippen LogP) is 3.58. The third-order valence-corrected chi connectivity index (χ3v) is 3.53. The van der Waals surface area contributed by atoms with E-state index in [1.165, 1.54) is 0 Å². The molecule has 0 aliphatic rings. The zero-order valence-corrected chi connectivity index (χ0v) is 11.8. The quantitative estimate of drug-likeness (QED) is 0.676. The molecule has 0 spiro atoms. The number of ketones is 1. The number of benzene rings is 1. The van der Waals surface area contributed by atoms with Crippen LogP contribution in [0.3, 0.4) is 0 Å². The molecule has 0 bridgehead atoms. The van der Waals surface area contributed by atoms with Crippen molar-refractivity contribution >= 4 is 28.3 Å². The Morgan fingerprint density at radius 2 is 2.10 bits per heavy atom. The van der Waals surface area contributed by atoms with Crippen molar-refractivity contribution in [2.45, 2.75) is 13.8 Å². The van der Waals surface area contributed by atoms with Gasteiger partial charge in [-0.05, 0) is 38.1 Å². The minimum atomic E-state index is 0.00940. The second-order valence-electron chi connectivity index (χ2n) is 4.60. The molecule has 0 amide bonds. The predicted molar refractivity (Wildman–Crippen MR) is 78.6 cm³/mol. The van der Waals surface area contributed by atoms with E-state index in [0.29, 0.717) is 10.6 Å². The van der Waals surface area contributed by atoms with Crippen LogP contribution in [-0.4, -0.2) is 20.5 Å². The van der Waals surface area contributed by atoms with E-state index < -0.39 is 0 Å². The molecule has 0 radical (unpaired) electrons. The Hall–Kier alpha value is -2.20. The molecule has 5 heteroatoms. The van der Waals surface area contributed by atoms with Crippen LogP contribution in [0.15, 0.2) is 36.7 Å². The lowest BCUT2D eigenvalue weighted by Crippen LogP contribution is -2.02. The van der Waals surface area contributed by atoms with Gasteiger partial charge in [0.2, 0.25) is 0 Å². The maximum Gasteiger partial charge on any atom is 0.163 e. The summed E-state index contributed by atoms with van der Waals surface area (Å²) in [5.74, 6) is 0.00940. The first-order chi connectivity index (χ1) is 9.58. The van der Waals surface area contributed by atoms with Gasteiger partial charge in [0.1, 0.15) is 0 Å². The van der Waals surface area contributed by atoms with Crippen molar-refractivity contribution in [2.24, 2.45) is 0 Å². The second-order valence-corrected chi connectivity index (χ2v) is 5.04. The number of hydrogen-bond donors (Lipinski definition) is 0. The lowest BCUT2D eigenvalue weighted by Gasteiger charge is -2.08. The van der Waals surface area contributed by atoms with Gasteiger partial charge in [0.25, 0.3) is 0 Å². The van der Waals surface area contributed by atoms with E-state index >= 15 is 0 Å². The third-order valence-electron chi connectivity index (χ3n) is 3.30. The molecule has 0 aliphatic heterocycles. The molecule has 3 aromatic rings. The SMILES string of the molecule is CC(=O)c1cnn(-c2ccnc3cc(Cl)ccc23)c1C. The zero-order chi connectivity index (χ0) is 14.3. The summed E-state index contributed by atoms with van der Waals surface area (Å²) < 4.78 is 1.76. The molecule has 4 nitrogen and oxygen atoms in total. The van der Waals surface area contributed by atoms with E-state index in [0.717, 1.165) is 22.3 Å². The highest BCUT2D eigenvalue weighted by molar-refractivity contribution is 6.31. The summed E-state index contributed by atoms with van der Waals surface area (Å²) in [6, 6.07) is 7.42. The van der Waals surface area contributed by atoms with Crippen molar-refractivity contribution < 1.29 is 4.79 Å². The minimum absolute atomic E-state index is 0.00940. The van der Waals surface area contributed by atoms with Gasteiger partial charge in [-0.3, -0.25) is 9.78 Å². The monoisotopic (exact) mass is 285 g/mol. The molecular weight excluding hydrogens is 274 g/mol. The highest BCUT2D eigenvalue weighted by Crippen LogP contribution is 2.24. The fourth-order valence-electron chi connectivity index (χ4n) is 2.29. The summed E-state index contributed by atoms with van der Waals surface area (Å²) in [6.07, 6.45) is 3.31. The summed E-state index contributed by atoms with van der Waals surface area (Å²) in [7, 11) is 0. The highest BCUT2D eigenvalue weighted by atomic mass is 35.5. The normalized spacial score (nSPS) is 10.9. The Morgan fingerprint density at radius 3 is 2.80 bits per heavy atom. The van der Waals surface area contributed by atoms with Gasteiger partial charge in [-0.2, -0.15) is 5.10 Å². The molecule has 20 heavy (non-hydrogen) atoms. The molecule has 100 valence electrons. The molecule has 0 saturated carbocycles. The number of nitrogens with zero attached hydrogens (tertiary/aromatic N) is 3. The first kappa shape index (κ1) is 12.8. The summed E-state index contributed by atoms with van der Waals surface area (Å²) in [5.41, 5.74) is 3.13. The van der Waals surface area contributed by atoms with Crippen LogP contribution >= 0.6 is 11.6 Å². The standard InChI is InChI=1S/C15H12ClN3O/c1-9-13(10(2)20)8-18-19(9)15-5-6-17-14-7-11(16)3-4-12(14)15/h3-8H,1-2H3. The van der Waals surface area contributed by atoms with Gasteiger partial charge >= 0.3 is 0 Å². The molecule has 0 fully saturated rings. The lowest BCUT2D eigenvalue weighted by atomic mass is 10.1. The Bertz CT molecular complexity index is 823. The van der Waals surface area contributed by atoms with Crippen LogP contribution in [0.1, 0.15) is 23.0 Å². The van der Waals surface area contributed by atoms with E-state index in [9.17, 15) is 4.79 Å². The first-order valence-corrected chi connectivity index (χ1v) is 6.56. The number of fused-ring (bicyclic) bond motifs is 1. The van der Waals surface area contributed by atoms with Crippen molar-refractivity contribution in [2.75, 3.05) is 0 Å². The topological polar surface area (TPSA) is 47.8 Å². The lowest BCUT2D eigenvalue weighted by molar-refractivity contribution is 0.101. The second kappa shape index (κ2) is 4.72. The maximum atomic E-state index is 11.5. The van der Waals surface area contributed by atoms with E-state index in [4.69, 9.17) is 11.6 Å². The molecule has 2 aromatic heterocycles. The van der Waals surface area contributed by atoms with E-state index in [1.54, 1.807) is 24.0 Å². The van der Waals surface area contributed by atoms with Crippen LogP contribution in [0.25, 0.3) is 16.6 Å². The fourth-order valence-corrected chi connectivity index (χ4v) is 2.46. The number of halogens is 1. The number of rotatable bonds is 2. The summed E-state index contributed by atoms with van der Waals surface area (Å²) >= 11 is 5.99. The van der Waals surface area contributed by atoms with Crippen LogP contribution in [0.2, 0.25) is 5.02 Å². The Balaban J connectivity index is 2.27. The average molecular weight is 286 g/mol. The van der Waals surface area contributed by atoms with Crippen LogP contribution in [-0.2, 0) is 0 Å². The van der Waals surface area contributed by atoms with Gasteiger partial charge in [-0.25, -0.2) is 4.68 Å². The minimum Gasteiger partial charge on any atom is -0.294 e. The van der Waals surface area contributed by atoms with Crippen LogP contribution < -0.4 is 0 Å². The summed E-state index contributed by atoms with van der Waals surface area (Å²) in [5, 5.41) is 5.90. The van der Waals surface area contributed by atoms with Crippen LogP contribution in [0.4, 0.5) is 0 Å². The largest absolute Gasteiger partial charge is 0.294 e. The molecular formula is C15H12ClN3O. The van der Waals surface area contributed by atoms with Gasteiger partial charge < -0.3 is 0 Å². The van der Waals surface area contributed by atoms with E-state index in [-0.39, 0.29) is 5.78 Å².